The highest BCUT2D eigenvalue weighted by atomic mass is 35.5. The molecule has 0 aliphatic rings. The Bertz CT molecular complexity index is 589. The Morgan fingerprint density at radius 2 is 2.05 bits per heavy atom. The van der Waals surface area contributed by atoms with Crippen LogP contribution in [-0.4, -0.2) is 38.3 Å². The molecule has 1 aromatic carbocycles. The molecule has 0 aliphatic heterocycles. The first-order valence-corrected chi connectivity index (χ1v) is 7.85. The van der Waals surface area contributed by atoms with Crippen LogP contribution in [0.25, 0.3) is 0 Å². The summed E-state index contributed by atoms with van der Waals surface area (Å²) >= 11 is 5.97. The van der Waals surface area contributed by atoms with E-state index in [-0.39, 0.29) is 23.0 Å². The zero-order chi connectivity index (χ0) is 15.3. The van der Waals surface area contributed by atoms with Gasteiger partial charge >= 0.3 is 0 Å². The molecule has 1 amide bonds. The zero-order valence-electron chi connectivity index (χ0n) is 11.3. The molecular weight excluding hydrogens is 304 g/mol. The van der Waals surface area contributed by atoms with Crippen LogP contribution in [0, 0.1) is 0 Å². The second kappa shape index (κ2) is 6.92. The monoisotopic (exact) mass is 320 g/mol. The third-order valence-corrected chi connectivity index (χ3v) is 4.74. The third-order valence-electron chi connectivity index (χ3n) is 2.53. The molecule has 8 heteroatoms. The van der Waals surface area contributed by atoms with Gasteiger partial charge in [0.2, 0.25) is 15.9 Å². The molecule has 0 radical (unpaired) electrons. The molecule has 0 unspecified atom stereocenters. The van der Waals surface area contributed by atoms with Crippen LogP contribution in [-0.2, 0) is 14.8 Å². The van der Waals surface area contributed by atoms with Gasteiger partial charge < -0.3 is 10.5 Å². The lowest BCUT2D eigenvalue weighted by molar-refractivity contribution is -0.118. The molecule has 20 heavy (non-hydrogen) atoms. The number of benzene rings is 1. The van der Waals surface area contributed by atoms with Crippen LogP contribution >= 0.6 is 11.6 Å². The van der Waals surface area contributed by atoms with Crippen molar-refractivity contribution in [2.45, 2.75) is 18.7 Å². The number of ether oxygens (including phenoxy) is 1. The fourth-order valence-corrected chi connectivity index (χ4v) is 3.35. The van der Waals surface area contributed by atoms with Gasteiger partial charge in [-0.1, -0.05) is 18.5 Å². The van der Waals surface area contributed by atoms with Gasteiger partial charge in [-0.3, -0.25) is 4.79 Å². The molecule has 1 aromatic rings. The van der Waals surface area contributed by atoms with E-state index in [0.29, 0.717) is 12.4 Å². The summed E-state index contributed by atoms with van der Waals surface area (Å²) in [6.07, 6.45) is 0. The van der Waals surface area contributed by atoms with E-state index >= 15 is 0 Å². The molecule has 6 nitrogen and oxygen atoms in total. The number of sulfonamides is 1. The first kappa shape index (κ1) is 16.7. The summed E-state index contributed by atoms with van der Waals surface area (Å²) in [5.74, 6) is -0.307. The molecule has 0 saturated carbocycles. The summed E-state index contributed by atoms with van der Waals surface area (Å²) in [5, 5.41) is 0.197. The number of carbonyl (C=O) groups excluding carboxylic acids is 1. The molecule has 0 atom stereocenters. The van der Waals surface area contributed by atoms with E-state index in [4.69, 9.17) is 22.1 Å². The molecule has 0 fully saturated rings. The van der Waals surface area contributed by atoms with E-state index in [1.54, 1.807) is 13.8 Å². The maximum absolute atomic E-state index is 12.3. The van der Waals surface area contributed by atoms with Crippen molar-refractivity contribution in [3.8, 4) is 5.75 Å². The van der Waals surface area contributed by atoms with Crippen LogP contribution in [0.3, 0.4) is 0 Å². The number of halogens is 1. The molecular formula is C12H17ClN2O4S. The minimum absolute atomic E-state index is 0.00551. The molecule has 0 aromatic heterocycles. The van der Waals surface area contributed by atoms with Gasteiger partial charge in [-0.2, -0.15) is 4.31 Å². The number of hydrogen-bond donors (Lipinski definition) is 1. The molecule has 2 N–H and O–H groups in total. The number of carbonyl (C=O) groups is 1. The number of hydrogen-bond acceptors (Lipinski definition) is 4. The molecule has 0 aliphatic carbocycles. The second-order valence-corrected chi connectivity index (χ2v) is 6.27. The van der Waals surface area contributed by atoms with Crippen molar-refractivity contribution in [2.24, 2.45) is 5.73 Å². The van der Waals surface area contributed by atoms with Crippen molar-refractivity contribution >= 4 is 27.5 Å². The van der Waals surface area contributed by atoms with E-state index in [1.165, 1.54) is 18.2 Å². The standard InChI is InChI=1S/C12H17ClN2O4S/c1-3-15(8-12(14)16)20(17,18)9-5-6-11(19-4-2)10(13)7-9/h5-7H,3-4,8H2,1-2H3,(H2,14,16). The Morgan fingerprint density at radius 1 is 1.40 bits per heavy atom. The van der Waals surface area contributed by atoms with Crippen molar-refractivity contribution in [1.29, 1.82) is 0 Å². The largest absolute Gasteiger partial charge is 0.492 e. The second-order valence-electron chi connectivity index (χ2n) is 3.92. The predicted molar refractivity (Wildman–Crippen MR) is 76.2 cm³/mol. The fourth-order valence-electron chi connectivity index (χ4n) is 1.60. The highest BCUT2D eigenvalue weighted by Gasteiger charge is 2.25. The molecule has 0 bridgehead atoms. The van der Waals surface area contributed by atoms with Gasteiger partial charge in [-0.15, -0.1) is 0 Å². The van der Waals surface area contributed by atoms with Crippen molar-refractivity contribution in [1.82, 2.24) is 4.31 Å². The summed E-state index contributed by atoms with van der Waals surface area (Å²) < 4.78 is 30.9. The van der Waals surface area contributed by atoms with E-state index in [2.05, 4.69) is 0 Å². The average Bonchev–Trinajstić information content (AvgIpc) is 2.38. The molecule has 0 spiro atoms. The first-order valence-electron chi connectivity index (χ1n) is 6.03. The topological polar surface area (TPSA) is 89.7 Å². The Kier molecular flexibility index (Phi) is 5.79. The van der Waals surface area contributed by atoms with Crippen LogP contribution in [0.4, 0.5) is 0 Å². The van der Waals surface area contributed by atoms with Crippen LogP contribution < -0.4 is 10.5 Å². The van der Waals surface area contributed by atoms with Gasteiger partial charge in [-0.25, -0.2) is 8.42 Å². The normalized spacial score (nSPS) is 11.6. The maximum atomic E-state index is 12.3. The van der Waals surface area contributed by atoms with Crippen molar-refractivity contribution < 1.29 is 17.9 Å². The van der Waals surface area contributed by atoms with Gasteiger partial charge in [-0.05, 0) is 25.1 Å². The Morgan fingerprint density at radius 3 is 2.50 bits per heavy atom. The lowest BCUT2D eigenvalue weighted by Crippen LogP contribution is -2.38. The van der Waals surface area contributed by atoms with Crippen molar-refractivity contribution in [2.75, 3.05) is 19.7 Å². The fraction of sp³-hybridized carbons (Fsp3) is 0.417. The molecule has 0 heterocycles. The Labute approximate surface area is 123 Å². The number of nitrogens with zero attached hydrogens (tertiary/aromatic N) is 1. The minimum Gasteiger partial charge on any atom is -0.492 e. The summed E-state index contributed by atoms with van der Waals surface area (Å²) in [5.41, 5.74) is 5.05. The van der Waals surface area contributed by atoms with Crippen LogP contribution in [0.1, 0.15) is 13.8 Å². The summed E-state index contributed by atoms with van der Waals surface area (Å²) in [6.45, 7) is 3.61. The van der Waals surface area contributed by atoms with E-state index in [9.17, 15) is 13.2 Å². The summed E-state index contributed by atoms with van der Waals surface area (Å²) in [7, 11) is -3.81. The van der Waals surface area contributed by atoms with Crippen LogP contribution in [0.2, 0.25) is 5.02 Å². The van der Waals surface area contributed by atoms with Gasteiger partial charge in [0.1, 0.15) is 5.75 Å². The van der Waals surface area contributed by atoms with E-state index in [1.807, 2.05) is 0 Å². The van der Waals surface area contributed by atoms with Crippen LogP contribution in [0.15, 0.2) is 23.1 Å². The quantitative estimate of drug-likeness (QED) is 0.818. The van der Waals surface area contributed by atoms with Crippen molar-refractivity contribution in [3.63, 3.8) is 0 Å². The molecule has 0 saturated heterocycles. The molecule has 1 rings (SSSR count). The summed E-state index contributed by atoms with van der Waals surface area (Å²) in [4.78, 5) is 10.9. The van der Waals surface area contributed by atoms with Crippen molar-refractivity contribution in [3.05, 3.63) is 23.2 Å². The minimum atomic E-state index is -3.81. The zero-order valence-corrected chi connectivity index (χ0v) is 12.9. The number of primary amides is 1. The Balaban J connectivity index is 3.14. The lowest BCUT2D eigenvalue weighted by Gasteiger charge is -2.19. The van der Waals surface area contributed by atoms with E-state index < -0.39 is 15.9 Å². The smallest absolute Gasteiger partial charge is 0.243 e. The SMILES string of the molecule is CCOc1ccc(S(=O)(=O)N(CC)CC(N)=O)cc1Cl. The lowest BCUT2D eigenvalue weighted by atomic mass is 10.3. The number of amides is 1. The van der Waals surface area contributed by atoms with Gasteiger partial charge in [0.05, 0.1) is 23.1 Å². The van der Waals surface area contributed by atoms with Gasteiger partial charge in [0, 0.05) is 6.54 Å². The first-order chi connectivity index (χ1) is 9.32. The highest BCUT2D eigenvalue weighted by molar-refractivity contribution is 7.89. The van der Waals surface area contributed by atoms with Gasteiger partial charge in [0.15, 0.2) is 0 Å². The predicted octanol–water partition coefficient (Wildman–Crippen LogP) is 1.23. The highest BCUT2D eigenvalue weighted by Crippen LogP contribution is 2.28. The van der Waals surface area contributed by atoms with Crippen LogP contribution in [0.5, 0.6) is 5.75 Å². The number of likely N-dealkylation sites (N-methyl/N-ethyl adjacent to an activating group) is 1. The number of rotatable bonds is 7. The summed E-state index contributed by atoms with van der Waals surface area (Å²) in [6, 6.07) is 4.16. The maximum Gasteiger partial charge on any atom is 0.243 e. The Hall–Kier alpha value is -1.31. The average molecular weight is 321 g/mol. The third kappa shape index (κ3) is 3.84. The van der Waals surface area contributed by atoms with Gasteiger partial charge in [0.25, 0.3) is 0 Å². The van der Waals surface area contributed by atoms with E-state index in [0.717, 1.165) is 4.31 Å². The number of nitrogens with two attached hydrogens (primary N) is 1. The molecule has 112 valence electrons.